The van der Waals surface area contributed by atoms with Crippen LogP contribution in [0.1, 0.15) is 29.8 Å². The molecule has 31 heavy (non-hydrogen) atoms. The van der Waals surface area contributed by atoms with Gasteiger partial charge < -0.3 is 10.6 Å². The smallest absolute Gasteiger partial charge is 0.253 e. The van der Waals surface area contributed by atoms with Crippen LogP contribution in [0.4, 0.5) is 5.69 Å². The summed E-state index contributed by atoms with van der Waals surface area (Å²) in [4.78, 5) is 35.0. The van der Waals surface area contributed by atoms with Gasteiger partial charge in [0.15, 0.2) is 5.16 Å². The fraction of sp³-hybridized carbons (Fsp3) is 0.217. The largest absolute Gasteiger partial charge is 0.340 e. The van der Waals surface area contributed by atoms with E-state index in [9.17, 15) is 9.59 Å². The number of aromatic nitrogens is 2. The predicted molar refractivity (Wildman–Crippen MR) is 124 cm³/mol. The molecule has 160 valence electrons. The van der Waals surface area contributed by atoms with Crippen LogP contribution in [-0.4, -0.2) is 27.8 Å². The third kappa shape index (κ3) is 6.06. The van der Waals surface area contributed by atoms with Gasteiger partial charge in [-0.25, -0.2) is 9.97 Å². The van der Waals surface area contributed by atoms with Crippen molar-refractivity contribution in [2.45, 2.75) is 36.9 Å². The summed E-state index contributed by atoms with van der Waals surface area (Å²) in [7, 11) is 0. The topological polar surface area (TPSA) is 84.0 Å². The number of benzene rings is 2. The first-order chi connectivity index (χ1) is 14.8. The van der Waals surface area contributed by atoms with Gasteiger partial charge in [0.2, 0.25) is 5.91 Å². The zero-order valence-electron chi connectivity index (χ0n) is 17.4. The lowest BCUT2D eigenvalue weighted by molar-refractivity contribution is -0.118. The van der Waals surface area contributed by atoms with Crippen molar-refractivity contribution >= 4 is 40.9 Å². The van der Waals surface area contributed by atoms with Crippen LogP contribution in [-0.2, 0) is 4.79 Å². The molecule has 2 N–H and O–H groups in total. The number of hydrogen-bond acceptors (Lipinski definition) is 5. The number of aryl methyl sites for hydroxylation is 1. The maximum Gasteiger partial charge on any atom is 0.253 e. The van der Waals surface area contributed by atoms with Gasteiger partial charge in [0.1, 0.15) is 6.04 Å². The molecular weight excluding hydrogens is 432 g/mol. The second-order valence-corrected chi connectivity index (χ2v) is 8.72. The molecule has 3 rings (SSSR count). The van der Waals surface area contributed by atoms with Gasteiger partial charge in [0.25, 0.3) is 5.91 Å². The highest BCUT2D eigenvalue weighted by molar-refractivity contribution is 7.99. The SMILES string of the molecule is Cc1cc(Sc2ncccn2)ccc1NC(=O)C(NC(=O)c1ccccc1Cl)C(C)C. The second kappa shape index (κ2) is 10.4. The molecule has 1 atom stereocenters. The summed E-state index contributed by atoms with van der Waals surface area (Å²) in [5.41, 5.74) is 1.92. The van der Waals surface area contributed by atoms with Gasteiger partial charge in [-0.2, -0.15) is 0 Å². The summed E-state index contributed by atoms with van der Waals surface area (Å²) in [5, 5.41) is 6.72. The molecule has 0 bridgehead atoms. The van der Waals surface area contributed by atoms with Gasteiger partial charge in [-0.15, -0.1) is 0 Å². The first-order valence-corrected chi connectivity index (χ1v) is 11.0. The summed E-state index contributed by atoms with van der Waals surface area (Å²) in [6.07, 6.45) is 3.39. The average molecular weight is 455 g/mol. The molecule has 0 radical (unpaired) electrons. The highest BCUT2D eigenvalue weighted by Crippen LogP contribution is 2.28. The van der Waals surface area contributed by atoms with Crippen LogP contribution in [0.25, 0.3) is 0 Å². The molecule has 0 spiro atoms. The Hall–Kier alpha value is -2.90. The monoisotopic (exact) mass is 454 g/mol. The standard InChI is InChI=1S/C23H23ClN4O2S/c1-14(2)20(28-21(29)17-7-4-5-8-18(17)24)22(30)27-19-10-9-16(13-15(19)3)31-23-25-11-6-12-26-23/h4-14,20H,1-3H3,(H,27,30)(H,28,29). The number of halogens is 1. The van der Waals surface area contributed by atoms with Crippen LogP contribution >= 0.6 is 23.4 Å². The van der Waals surface area contributed by atoms with Gasteiger partial charge >= 0.3 is 0 Å². The minimum absolute atomic E-state index is 0.114. The maximum atomic E-state index is 12.9. The van der Waals surface area contributed by atoms with Crippen LogP contribution in [0.3, 0.4) is 0 Å². The molecule has 8 heteroatoms. The van der Waals surface area contributed by atoms with Gasteiger partial charge in [-0.05, 0) is 66.6 Å². The van der Waals surface area contributed by atoms with Crippen molar-refractivity contribution in [3.8, 4) is 0 Å². The van der Waals surface area contributed by atoms with Crippen molar-refractivity contribution in [3.05, 3.63) is 77.1 Å². The van der Waals surface area contributed by atoms with Crippen LogP contribution in [0, 0.1) is 12.8 Å². The first-order valence-electron chi connectivity index (χ1n) is 9.77. The van der Waals surface area contributed by atoms with E-state index in [0.717, 1.165) is 10.5 Å². The zero-order valence-corrected chi connectivity index (χ0v) is 19.0. The lowest BCUT2D eigenvalue weighted by Gasteiger charge is -2.22. The van der Waals surface area contributed by atoms with E-state index in [1.54, 1.807) is 42.7 Å². The summed E-state index contributed by atoms with van der Waals surface area (Å²) in [6, 6.07) is 13.5. The van der Waals surface area contributed by atoms with E-state index in [4.69, 9.17) is 11.6 Å². The Kier molecular flexibility index (Phi) is 7.65. The third-order valence-corrected chi connectivity index (χ3v) is 5.77. The van der Waals surface area contributed by atoms with E-state index in [1.165, 1.54) is 11.8 Å². The van der Waals surface area contributed by atoms with Crippen molar-refractivity contribution in [3.63, 3.8) is 0 Å². The van der Waals surface area contributed by atoms with Gasteiger partial charge in [0, 0.05) is 23.0 Å². The van der Waals surface area contributed by atoms with E-state index in [0.29, 0.717) is 21.4 Å². The van der Waals surface area contributed by atoms with E-state index in [1.807, 2.05) is 39.0 Å². The molecule has 1 heterocycles. The summed E-state index contributed by atoms with van der Waals surface area (Å²) in [6.45, 7) is 5.67. The highest BCUT2D eigenvalue weighted by atomic mass is 35.5. The van der Waals surface area contributed by atoms with E-state index in [-0.39, 0.29) is 17.7 Å². The van der Waals surface area contributed by atoms with Gasteiger partial charge in [-0.1, -0.05) is 37.6 Å². The Balaban J connectivity index is 1.70. The molecule has 0 aliphatic rings. The number of amides is 2. The normalized spacial score (nSPS) is 11.8. The van der Waals surface area contributed by atoms with E-state index >= 15 is 0 Å². The number of nitrogens with one attached hydrogen (secondary N) is 2. The zero-order chi connectivity index (χ0) is 22.4. The number of carbonyl (C=O) groups excluding carboxylic acids is 2. The van der Waals surface area contributed by atoms with Gasteiger partial charge in [-0.3, -0.25) is 9.59 Å². The maximum absolute atomic E-state index is 12.9. The molecule has 1 unspecified atom stereocenters. The molecule has 3 aromatic rings. The molecule has 0 aliphatic carbocycles. The Labute approximate surface area is 190 Å². The van der Waals surface area contributed by atoms with Crippen molar-refractivity contribution in [1.29, 1.82) is 0 Å². The predicted octanol–water partition coefficient (Wildman–Crippen LogP) is 4.98. The lowest BCUT2D eigenvalue weighted by Crippen LogP contribution is -2.47. The molecule has 2 amide bonds. The number of carbonyl (C=O) groups is 2. The fourth-order valence-electron chi connectivity index (χ4n) is 2.89. The fourth-order valence-corrected chi connectivity index (χ4v) is 3.92. The average Bonchev–Trinajstić information content (AvgIpc) is 2.74. The molecule has 6 nitrogen and oxygen atoms in total. The van der Waals surface area contributed by atoms with E-state index in [2.05, 4.69) is 20.6 Å². The molecule has 1 aromatic heterocycles. The number of rotatable bonds is 7. The van der Waals surface area contributed by atoms with Crippen molar-refractivity contribution in [1.82, 2.24) is 15.3 Å². The Bertz CT molecular complexity index is 1080. The van der Waals surface area contributed by atoms with Crippen LogP contribution in [0.2, 0.25) is 5.02 Å². The number of anilines is 1. The molecule has 0 fully saturated rings. The van der Waals surface area contributed by atoms with Crippen molar-refractivity contribution in [2.75, 3.05) is 5.32 Å². The highest BCUT2D eigenvalue weighted by Gasteiger charge is 2.26. The minimum atomic E-state index is -0.713. The quantitative estimate of drug-likeness (QED) is 0.492. The molecule has 0 aliphatic heterocycles. The minimum Gasteiger partial charge on any atom is -0.340 e. The molecule has 0 saturated carbocycles. The summed E-state index contributed by atoms with van der Waals surface area (Å²) in [5.74, 6) is -0.784. The number of nitrogens with zero attached hydrogens (tertiary/aromatic N) is 2. The first kappa shape index (κ1) is 22.8. The Morgan fingerprint density at radius 1 is 1.03 bits per heavy atom. The lowest BCUT2D eigenvalue weighted by atomic mass is 10.0. The summed E-state index contributed by atoms with van der Waals surface area (Å²) < 4.78 is 0. The van der Waals surface area contributed by atoms with Crippen LogP contribution in [0.5, 0.6) is 0 Å². The molecule has 0 saturated heterocycles. The Morgan fingerprint density at radius 3 is 2.39 bits per heavy atom. The third-order valence-electron chi connectivity index (χ3n) is 4.56. The molecular formula is C23H23ClN4O2S. The van der Waals surface area contributed by atoms with Crippen molar-refractivity contribution in [2.24, 2.45) is 5.92 Å². The summed E-state index contributed by atoms with van der Waals surface area (Å²) >= 11 is 7.56. The van der Waals surface area contributed by atoms with Crippen LogP contribution in [0.15, 0.2) is 71.0 Å². The van der Waals surface area contributed by atoms with Gasteiger partial charge in [0.05, 0.1) is 10.6 Å². The van der Waals surface area contributed by atoms with Crippen LogP contribution < -0.4 is 10.6 Å². The second-order valence-electron chi connectivity index (χ2n) is 7.27. The van der Waals surface area contributed by atoms with Crippen molar-refractivity contribution < 1.29 is 9.59 Å². The molecule has 2 aromatic carbocycles. The van der Waals surface area contributed by atoms with E-state index < -0.39 is 6.04 Å². The number of hydrogen-bond donors (Lipinski definition) is 2. The Morgan fingerprint density at radius 2 is 1.74 bits per heavy atom.